The van der Waals surface area contributed by atoms with Crippen molar-refractivity contribution in [1.29, 1.82) is 0 Å². The normalized spacial score (nSPS) is 10.9. The van der Waals surface area contributed by atoms with Crippen LogP contribution in [0.3, 0.4) is 0 Å². The summed E-state index contributed by atoms with van der Waals surface area (Å²) in [6.45, 7) is 1.93. The van der Waals surface area contributed by atoms with E-state index in [1.807, 2.05) is 6.92 Å². The Kier molecular flexibility index (Phi) is 3.49. The zero-order valence-electron chi connectivity index (χ0n) is 9.22. The summed E-state index contributed by atoms with van der Waals surface area (Å²) in [7, 11) is 1.45. The molecule has 0 fully saturated rings. The molecule has 2 rings (SSSR count). The standard InChI is InChI=1S/C11H9BrClFN2O/c1-3-7-5-4-6(13)8(12)9(14)10(5)16-11(15-7)17-2/h4H,3H2,1-2H3. The predicted molar refractivity (Wildman–Crippen MR) is 68.1 cm³/mol. The van der Waals surface area contributed by atoms with Crippen molar-refractivity contribution in [3.05, 3.63) is 27.1 Å². The number of aromatic nitrogens is 2. The second-order valence-corrected chi connectivity index (χ2v) is 4.59. The van der Waals surface area contributed by atoms with Crippen LogP contribution in [-0.2, 0) is 6.42 Å². The van der Waals surface area contributed by atoms with Gasteiger partial charge in [-0.15, -0.1) is 0 Å². The zero-order chi connectivity index (χ0) is 12.6. The fraction of sp³-hybridized carbons (Fsp3) is 0.273. The minimum Gasteiger partial charge on any atom is -0.467 e. The number of nitrogens with zero attached hydrogens (tertiary/aromatic N) is 2. The maximum atomic E-state index is 14.0. The van der Waals surface area contributed by atoms with Crippen LogP contribution in [0.25, 0.3) is 10.9 Å². The molecule has 2 aromatic rings. The van der Waals surface area contributed by atoms with E-state index in [1.54, 1.807) is 6.07 Å². The summed E-state index contributed by atoms with van der Waals surface area (Å²) < 4.78 is 19.2. The van der Waals surface area contributed by atoms with Gasteiger partial charge in [-0.2, -0.15) is 9.97 Å². The largest absolute Gasteiger partial charge is 0.467 e. The number of rotatable bonds is 2. The summed E-state index contributed by atoms with van der Waals surface area (Å²) in [5.74, 6) is -0.497. The first-order chi connectivity index (χ1) is 8.08. The highest BCUT2D eigenvalue weighted by Gasteiger charge is 2.16. The maximum Gasteiger partial charge on any atom is 0.317 e. The van der Waals surface area contributed by atoms with E-state index in [4.69, 9.17) is 16.3 Å². The third-order valence-electron chi connectivity index (χ3n) is 2.40. The van der Waals surface area contributed by atoms with Crippen molar-refractivity contribution in [2.24, 2.45) is 0 Å². The molecule has 6 heteroatoms. The Morgan fingerprint density at radius 3 is 2.76 bits per heavy atom. The molecule has 3 nitrogen and oxygen atoms in total. The highest BCUT2D eigenvalue weighted by atomic mass is 79.9. The number of ether oxygens (including phenoxy) is 1. The molecule has 1 aromatic heterocycles. The van der Waals surface area contributed by atoms with E-state index < -0.39 is 5.82 Å². The second kappa shape index (κ2) is 4.74. The van der Waals surface area contributed by atoms with Crippen LogP contribution in [0.4, 0.5) is 4.39 Å². The van der Waals surface area contributed by atoms with E-state index >= 15 is 0 Å². The Bertz CT molecular complexity index is 591. The first-order valence-electron chi connectivity index (χ1n) is 4.96. The monoisotopic (exact) mass is 318 g/mol. The third-order valence-corrected chi connectivity index (χ3v) is 3.70. The second-order valence-electron chi connectivity index (χ2n) is 3.39. The van der Waals surface area contributed by atoms with Crippen molar-refractivity contribution >= 4 is 38.4 Å². The van der Waals surface area contributed by atoms with Crippen LogP contribution in [0, 0.1) is 5.82 Å². The van der Waals surface area contributed by atoms with Crippen LogP contribution in [0.15, 0.2) is 10.5 Å². The summed E-state index contributed by atoms with van der Waals surface area (Å²) >= 11 is 9.01. The molecular formula is C11H9BrClFN2O. The van der Waals surface area contributed by atoms with Crippen LogP contribution >= 0.6 is 27.5 Å². The molecule has 1 heterocycles. The lowest BCUT2D eigenvalue weighted by molar-refractivity contribution is 0.380. The highest BCUT2D eigenvalue weighted by molar-refractivity contribution is 9.10. The SMILES string of the molecule is CCc1nc(OC)nc2c(F)c(Br)c(Cl)cc12. The van der Waals surface area contributed by atoms with Crippen LogP contribution in [0.2, 0.25) is 5.02 Å². The zero-order valence-corrected chi connectivity index (χ0v) is 11.6. The van der Waals surface area contributed by atoms with Crippen molar-refractivity contribution in [2.75, 3.05) is 7.11 Å². The van der Waals surface area contributed by atoms with Crippen molar-refractivity contribution in [2.45, 2.75) is 13.3 Å². The van der Waals surface area contributed by atoms with Crippen LogP contribution in [0.5, 0.6) is 6.01 Å². The predicted octanol–water partition coefficient (Wildman–Crippen LogP) is 3.76. The molecule has 0 aliphatic rings. The lowest BCUT2D eigenvalue weighted by Gasteiger charge is -2.08. The van der Waals surface area contributed by atoms with Crippen molar-refractivity contribution in [3.8, 4) is 6.01 Å². The van der Waals surface area contributed by atoms with Gasteiger partial charge in [-0.1, -0.05) is 18.5 Å². The number of fused-ring (bicyclic) bond motifs is 1. The van der Waals surface area contributed by atoms with Gasteiger partial charge in [0.15, 0.2) is 5.82 Å². The Morgan fingerprint density at radius 2 is 2.18 bits per heavy atom. The smallest absolute Gasteiger partial charge is 0.317 e. The molecule has 0 aliphatic carbocycles. The van der Waals surface area contributed by atoms with E-state index in [1.165, 1.54) is 7.11 Å². The third kappa shape index (κ3) is 2.09. The Morgan fingerprint density at radius 1 is 1.47 bits per heavy atom. The van der Waals surface area contributed by atoms with Gasteiger partial charge in [-0.05, 0) is 28.4 Å². The van der Waals surface area contributed by atoms with E-state index in [0.717, 1.165) is 0 Å². The minimum atomic E-state index is -0.497. The average Bonchev–Trinajstić information content (AvgIpc) is 2.35. The van der Waals surface area contributed by atoms with Crippen LogP contribution in [-0.4, -0.2) is 17.1 Å². The summed E-state index contributed by atoms with van der Waals surface area (Å²) in [6.07, 6.45) is 0.646. The van der Waals surface area contributed by atoms with Gasteiger partial charge in [0.25, 0.3) is 0 Å². The molecule has 0 unspecified atom stereocenters. The van der Waals surface area contributed by atoms with E-state index in [9.17, 15) is 4.39 Å². The quantitative estimate of drug-likeness (QED) is 0.791. The molecule has 0 aliphatic heterocycles. The van der Waals surface area contributed by atoms with E-state index in [0.29, 0.717) is 22.5 Å². The number of benzene rings is 1. The first kappa shape index (κ1) is 12.5. The van der Waals surface area contributed by atoms with Gasteiger partial charge in [0.1, 0.15) is 5.52 Å². The number of aryl methyl sites for hydroxylation is 1. The first-order valence-corrected chi connectivity index (χ1v) is 6.13. The van der Waals surface area contributed by atoms with Crippen LogP contribution < -0.4 is 4.74 Å². The molecule has 0 saturated carbocycles. The maximum absolute atomic E-state index is 14.0. The molecule has 0 bridgehead atoms. The molecule has 0 radical (unpaired) electrons. The molecule has 0 amide bonds. The van der Waals surface area contributed by atoms with Crippen molar-refractivity contribution < 1.29 is 9.13 Å². The molecule has 1 aromatic carbocycles. The van der Waals surface area contributed by atoms with Crippen molar-refractivity contribution in [1.82, 2.24) is 9.97 Å². The van der Waals surface area contributed by atoms with Gasteiger partial charge in [0, 0.05) is 5.39 Å². The minimum absolute atomic E-state index is 0.155. The summed E-state index contributed by atoms with van der Waals surface area (Å²) in [6, 6.07) is 1.81. The fourth-order valence-corrected chi connectivity index (χ4v) is 2.07. The number of methoxy groups -OCH3 is 1. The Labute approximate surface area is 111 Å². The van der Waals surface area contributed by atoms with Crippen LogP contribution in [0.1, 0.15) is 12.6 Å². The molecular weight excluding hydrogens is 310 g/mol. The number of halogens is 3. The Hall–Kier alpha value is -0.940. The van der Waals surface area contributed by atoms with Gasteiger partial charge in [-0.25, -0.2) is 4.39 Å². The topological polar surface area (TPSA) is 35.0 Å². The lowest BCUT2D eigenvalue weighted by Crippen LogP contribution is -2.00. The van der Waals surface area contributed by atoms with Gasteiger partial charge >= 0.3 is 6.01 Å². The molecule has 0 saturated heterocycles. The number of hydrogen-bond acceptors (Lipinski definition) is 3. The summed E-state index contributed by atoms with van der Waals surface area (Å²) in [5, 5.41) is 0.914. The van der Waals surface area contributed by atoms with Gasteiger partial charge in [0.05, 0.1) is 22.3 Å². The van der Waals surface area contributed by atoms with Crippen molar-refractivity contribution in [3.63, 3.8) is 0 Å². The average molecular weight is 320 g/mol. The van der Waals surface area contributed by atoms with E-state index in [2.05, 4.69) is 25.9 Å². The molecule has 90 valence electrons. The van der Waals surface area contributed by atoms with Gasteiger partial charge in [-0.3, -0.25) is 0 Å². The van der Waals surface area contributed by atoms with E-state index in [-0.39, 0.29) is 16.0 Å². The van der Waals surface area contributed by atoms with Gasteiger partial charge < -0.3 is 4.74 Å². The molecule has 0 spiro atoms. The lowest BCUT2D eigenvalue weighted by atomic mass is 10.1. The molecule has 0 atom stereocenters. The fourth-order valence-electron chi connectivity index (χ4n) is 1.57. The molecule has 0 N–H and O–H groups in total. The van der Waals surface area contributed by atoms with Gasteiger partial charge in [0.2, 0.25) is 0 Å². The molecule has 17 heavy (non-hydrogen) atoms. The highest BCUT2D eigenvalue weighted by Crippen LogP contribution is 2.33. The number of hydrogen-bond donors (Lipinski definition) is 0. The summed E-state index contributed by atoms with van der Waals surface area (Å²) in [4.78, 5) is 8.18. The Balaban J connectivity index is 2.89. The summed E-state index contributed by atoms with van der Waals surface area (Å²) in [5.41, 5.74) is 0.921.